The summed E-state index contributed by atoms with van der Waals surface area (Å²) in [5, 5.41) is 13.3. The van der Waals surface area contributed by atoms with Crippen LogP contribution in [0.1, 0.15) is 109 Å². The van der Waals surface area contributed by atoms with Crippen LogP contribution in [0.15, 0.2) is 28.5 Å². The number of carbonyl (C=O) groups excluding carboxylic acids is 2. The van der Waals surface area contributed by atoms with Crippen LogP contribution in [-0.4, -0.2) is 72.1 Å². The first-order valence-corrected chi connectivity index (χ1v) is 17.0. The van der Waals surface area contributed by atoms with Crippen molar-refractivity contribution >= 4 is 23.5 Å². The number of aromatic nitrogens is 1. The Morgan fingerprint density at radius 3 is 2.59 bits per heavy atom. The number of piperidine rings is 1. The summed E-state index contributed by atoms with van der Waals surface area (Å²) in [6, 6.07) is 3.70. The maximum Gasteiger partial charge on any atom is 0.331 e. The Morgan fingerprint density at radius 2 is 1.86 bits per heavy atom. The number of hydrogen-bond donors (Lipinski definition) is 4. The van der Waals surface area contributed by atoms with Crippen molar-refractivity contribution < 1.29 is 14.3 Å². The van der Waals surface area contributed by atoms with E-state index in [1.165, 1.54) is 43.4 Å². The minimum absolute atomic E-state index is 0.0924. The van der Waals surface area contributed by atoms with E-state index in [1.807, 2.05) is 20.8 Å². The Balaban J connectivity index is 1.20. The molecule has 44 heavy (non-hydrogen) atoms. The number of hydrogen-bond acceptors (Lipinski definition) is 9. The lowest BCUT2D eigenvalue weighted by atomic mass is 9.91. The zero-order chi connectivity index (χ0) is 31.1. The molecule has 1 aromatic heterocycles. The summed E-state index contributed by atoms with van der Waals surface area (Å²) in [5.74, 6) is 3.51. The molecule has 242 valence electrons. The largest absolute Gasteiger partial charge is 0.458 e. The number of aliphatic imine (C=N–C) groups is 1. The van der Waals surface area contributed by atoms with Gasteiger partial charge >= 0.3 is 5.97 Å². The van der Waals surface area contributed by atoms with Crippen molar-refractivity contribution in [2.24, 2.45) is 10.9 Å². The van der Waals surface area contributed by atoms with Gasteiger partial charge in [-0.25, -0.2) is 14.8 Å². The van der Waals surface area contributed by atoms with Crippen molar-refractivity contribution in [1.29, 1.82) is 0 Å². The van der Waals surface area contributed by atoms with Crippen LogP contribution in [0, 0.1) is 5.92 Å². The van der Waals surface area contributed by atoms with Gasteiger partial charge in [-0.3, -0.25) is 4.79 Å². The lowest BCUT2D eigenvalue weighted by molar-refractivity contribution is -0.158. The normalized spacial score (nSPS) is 20.3. The van der Waals surface area contributed by atoms with Gasteiger partial charge in [0.2, 0.25) is 5.91 Å². The molecule has 0 spiro atoms. The molecule has 0 unspecified atom stereocenters. The third kappa shape index (κ3) is 8.45. The minimum Gasteiger partial charge on any atom is -0.458 e. The highest BCUT2D eigenvalue weighted by molar-refractivity contribution is 5.99. The number of nitrogens with zero attached hydrogens (tertiary/aromatic N) is 3. The van der Waals surface area contributed by atoms with Crippen LogP contribution < -0.4 is 21.3 Å². The number of rotatable bonds is 10. The molecule has 4 heterocycles. The Hall–Kier alpha value is -3.30. The van der Waals surface area contributed by atoms with Crippen molar-refractivity contribution in [2.45, 2.75) is 116 Å². The van der Waals surface area contributed by atoms with Crippen molar-refractivity contribution in [3.8, 4) is 0 Å². The van der Waals surface area contributed by atoms with Gasteiger partial charge < -0.3 is 30.9 Å². The van der Waals surface area contributed by atoms with Crippen LogP contribution in [0.5, 0.6) is 0 Å². The smallest absolute Gasteiger partial charge is 0.331 e. The second-order valence-corrected chi connectivity index (χ2v) is 13.8. The van der Waals surface area contributed by atoms with Gasteiger partial charge in [0.1, 0.15) is 35.8 Å². The van der Waals surface area contributed by atoms with Gasteiger partial charge in [-0.1, -0.05) is 38.7 Å². The summed E-state index contributed by atoms with van der Waals surface area (Å²) in [6.45, 7) is 11.2. The maximum absolute atomic E-state index is 13.2. The third-order valence-corrected chi connectivity index (χ3v) is 9.30. The molecular weight excluding hydrogens is 554 g/mol. The van der Waals surface area contributed by atoms with Gasteiger partial charge in [0.05, 0.1) is 0 Å². The van der Waals surface area contributed by atoms with E-state index in [4.69, 9.17) is 14.7 Å². The number of nitrogens with one attached hydrogen (secondary N) is 4. The quantitative estimate of drug-likeness (QED) is 0.285. The molecule has 1 saturated heterocycles. The second-order valence-electron chi connectivity index (χ2n) is 13.8. The van der Waals surface area contributed by atoms with Gasteiger partial charge in [-0.15, -0.1) is 0 Å². The predicted molar refractivity (Wildman–Crippen MR) is 174 cm³/mol. The first kappa shape index (κ1) is 32.1. The third-order valence-electron chi connectivity index (χ3n) is 9.30. The van der Waals surface area contributed by atoms with E-state index < -0.39 is 17.6 Å². The molecule has 1 atom stereocenters. The number of esters is 1. The summed E-state index contributed by atoms with van der Waals surface area (Å²) in [4.78, 5) is 38.3. The molecule has 2 fully saturated rings. The van der Waals surface area contributed by atoms with E-state index in [0.717, 1.165) is 74.8 Å². The summed E-state index contributed by atoms with van der Waals surface area (Å²) in [5.41, 5.74) is 2.98. The zero-order valence-corrected chi connectivity index (χ0v) is 27.3. The molecular formula is C34H53N7O3. The van der Waals surface area contributed by atoms with Gasteiger partial charge in [0.15, 0.2) is 0 Å². The molecule has 1 amide bonds. The van der Waals surface area contributed by atoms with Gasteiger partial charge in [0, 0.05) is 49.8 Å². The fraction of sp³-hybridized carbons (Fsp3) is 0.706. The average Bonchev–Trinajstić information content (AvgIpc) is 3.55. The predicted octanol–water partition coefficient (Wildman–Crippen LogP) is 4.59. The van der Waals surface area contributed by atoms with Crippen molar-refractivity contribution in [3.05, 3.63) is 34.8 Å². The standard InChI is InChI=1S/C34H53N7O3/c1-5-26-31(36-21-28(33(43)44-34(2,3)4)39-29(42)15-12-23-9-6-7-10-23)37-22-38-32(26)41-19-16-24(17-20-41)27-14-13-25-11-8-18-35-30(25)40-27/h13-14,23-24,28,36-37H,5-12,15-22H2,1-4H3,(H,35,40)(H,39,42)/t28-/m0/s1. The van der Waals surface area contributed by atoms with Crippen LogP contribution in [-0.2, 0) is 20.7 Å². The van der Waals surface area contributed by atoms with Crippen molar-refractivity contribution in [2.75, 3.05) is 38.2 Å². The van der Waals surface area contributed by atoms with Gasteiger partial charge in [0.25, 0.3) is 0 Å². The molecule has 1 aliphatic carbocycles. The molecule has 5 rings (SSSR count). The number of fused-ring (bicyclic) bond motifs is 1. The maximum atomic E-state index is 13.2. The van der Waals surface area contributed by atoms with Crippen LogP contribution in [0.3, 0.4) is 0 Å². The molecule has 0 aromatic carbocycles. The lowest BCUT2D eigenvalue weighted by Gasteiger charge is -2.37. The molecule has 0 bridgehead atoms. The number of anilines is 1. The van der Waals surface area contributed by atoms with E-state index in [0.29, 0.717) is 24.9 Å². The molecule has 3 aliphatic heterocycles. The second kappa shape index (κ2) is 14.7. The molecule has 10 heteroatoms. The van der Waals surface area contributed by atoms with Crippen LogP contribution >= 0.6 is 0 Å². The number of amides is 1. The SMILES string of the molecule is CCC1=C(NC[C@H](NC(=O)CCC2CCCC2)C(=O)OC(C)(C)C)NCN=C1N1CCC(c2ccc3c(n2)NCCC3)CC1. The molecule has 10 nitrogen and oxygen atoms in total. The van der Waals surface area contributed by atoms with E-state index in [2.05, 4.69) is 45.2 Å². The Labute approximate surface area is 263 Å². The summed E-state index contributed by atoms with van der Waals surface area (Å²) < 4.78 is 5.69. The van der Waals surface area contributed by atoms with Crippen molar-refractivity contribution in [1.82, 2.24) is 25.8 Å². The zero-order valence-electron chi connectivity index (χ0n) is 27.3. The van der Waals surface area contributed by atoms with E-state index in [-0.39, 0.29) is 12.5 Å². The topological polar surface area (TPSA) is 120 Å². The number of pyridine rings is 1. The monoisotopic (exact) mass is 607 g/mol. The molecule has 4 aliphatic rings. The highest BCUT2D eigenvalue weighted by atomic mass is 16.6. The van der Waals surface area contributed by atoms with Crippen molar-refractivity contribution in [3.63, 3.8) is 0 Å². The minimum atomic E-state index is -0.783. The highest BCUT2D eigenvalue weighted by Gasteiger charge is 2.30. The summed E-state index contributed by atoms with van der Waals surface area (Å²) >= 11 is 0. The number of ether oxygens (including phenoxy) is 1. The number of aryl methyl sites for hydroxylation is 1. The molecule has 1 aromatic rings. The van der Waals surface area contributed by atoms with Crippen LogP contribution in [0.4, 0.5) is 5.82 Å². The van der Waals surface area contributed by atoms with E-state index >= 15 is 0 Å². The van der Waals surface area contributed by atoms with Gasteiger partial charge in [-0.05, 0) is 76.8 Å². The van der Waals surface area contributed by atoms with Crippen LogP contribution in [0.2, 0.25) is 0 Å². The Bertz CT molecular complexity index is 1220. The summed E-state index contributed by atoms with van der Waals surface area (Å²) in [7, 11) is 0. The number of likely N-dealkylation sites (tertiary alicyclic amines) is 1. The number of carbonyl (C=O) groups is 2. The molecule has 4 N–H and O–H groups in total. The molecule has 1 saturated carbocycles. The average molecular weight is 608 g/mol. The van der Waals surface area contributed by atoms with E-state index in [1.54, 1.807) is 0 Å². The van der Waals surface area contributed by atoms with Crippen LogP contribution in [0.25, 0.3) is 0 Å². The fourth-order valence-corrected chi connectivity index (χ4v) is 6.93. The van der Waals surface area contributed by atoms with Gasteiger partial charge in [-0.2, -0.15) is 0 Å². The molecule has 0 radical (unpaired) electrons. The summed E-state index contributed by atoms with van der Waals surface area (Å²) in [6.07, 6.45) is 11.4. The Morgan fingerprint density at radius 1 is 1.09 bits per heavy atom. The first-order valence-electron chi connectivity index (χ1n) is 17.0. The first-order chi connectivity index (χ1) is 21.2. The Kier molecular flexibility index (Phi) is 10.7. The fourth-order valence-electron chi connectivity index (χ4n) is 6.93. The van der Waals surface area contributed by atoms with E-state index in [9.17, 15) is 9.59 Å². The number of amidine groups is 1. The lowest BCUT2D eigenvalue weighted by Crippen LogP contribution is -2.51. The highest BCUT2D eigenvalue weighted by Crippen LogP contribution is 2.31.